The normalized spacial score (nSPS) is 22.7. The monoisotopic (exact) mass is 785 g/mol. The number of phenolic OH excluding ortho intramolecular Hbond substituents is 1. The number of aliphatic carboxylic acids is 1. The molecule has 4 atom stereocenters. The van der Waals surface area contributed by atoms with Gasteiger partial charge in [-0.2, -0.15) is 9.97 Å². The van der Waals surface area contributed by atoms with Crippen LogP contribution in [-0.2, 0) is 14.3 Å². The zero-order valence-electron chi connectivity index (χ0n) is 30.6. The molecule has 4 aliphatic rings. The fraction of sp³-hybridized carbons (Fsp3) is 0.400. The zero-order chi connectivity index (χ0) is 40.2. The van der Waals surface area contributed by atoms with Crippen LogP contribution in [0.5, 0.6) is 11.8 Å². The Morgan fingerprint density at radius 2 is 1.89 bits per heavy atom. The van der Waals surface area contributed by atoms with Crippen LogP contribution in [0.25, 0.3) is 32.9 Å². The van der Waals surface area contributed by atoms with Crippen molar-refractivity contribution in [3.8, 4) is 35.4 Å². The number of halogens is 3. The Kier molecular flexibility index (Phi) is 9.76. The molecule has 4 saturated heterocycles. The van der Waals surface area contributed by atoms with Crippen LogP contribution in [0, 0.1) is 24.0 Å². The summed E-state index contributed by atoms with van der Waals surface area (Å²) in [5.74, 6) is -0.871. The van der Waals surface area contributed by atoms with Gasteiger partial charge in [-0.05, 0) is 55.8 Å². The molecule has 2 bridgehead atoms. The molecule has 0 aliphatic carbocycles. The quantitative estimate of drug-likeness (QED) is 0.154. The topological polar surface area (TPSA) is 171 Å². The minimum absolute atomic E-state index is 0.00269. The number of hydrogen-bond acceptors (Lipinski definition) is 11. The number of terminal acetylenes is 1. The standard InChI is InChI=1S/C40H38F3N7O7/c1-3-27-30(42)8-5-22-11-26(51)12-28(32(22)27)34-33(43)35-29(14-44-34)36(47-38(46-35)57-20-40-9-4-10-49(40)16-23(41)13-40)48-17-24-6-7-25(18-48)50(24)37(54)21(2)19-56-39(55)45-15-31(52)53/h1,5,8,11-12,14,23-25,51H,2,4,6-7,9-10,13,15-20H2,(H,45,55)(H,52,53)/t23?,24?,25?,40-/m0/s1. The highest BCUT2D eigenvalue weighted by Crippen LogP contribution is 2.42. The Bertz CT molecular complexity index is 2380. The SMILES string of the molecule is C#Cc1c(F)ccc2cc(O)cc(-c3ncc4c(N5CC6CCC(C5)N6C(=O)C(=C)COC(=O)NCC(=O)O)nc(OC[C@@]56CCCN5CC(F)C6)nc4c3F)c12. The number of fused-ring (bicyclic) bond motifs is 5. The largest absolute Gasteiger partial charge is 0.508 e. The number of ether oxygens (including phenoxy) is 2. The van der Waals surface area contributed by atoms with Crippen molar-refractivity contribution in [3.05, 3.63) is 59.8 Å². The van der Waals surface area contributed by atoms with Gasteiger partial charge in [-0.15, -0.1) is 6.42 Å². The number of phenols is 1. The molecule has 8 rings (SSSR count). The van der Waals surface area contributed by atoms with Crippen LogP contribution in [0.3, 0.4) is 0 Å². The molecule has 4 aliphatic heterocycles. The number of benzene rings is 2. The van der Waals surface area contributed by atoms with E-state index in [1.165, 1.54) is 30.5 Å². The maximum atomic E-state index is 17.1. The first kappa shape index (κ1) is 37.8. The molecule has 4 fully saturated rings. The van der Waals surface area contributed by atoms with Gasteiger partial charge < -0.3 is 34.8 Å². The number of rotatable bonds is 10. The summed E-state index contributed by atoms with van der Waals surface area (Å²) in [6, 6.07) is 4.44. The molecule has 4 aromatic rings. The minimum Gasteiger partial charge on any atom is -0.508 e. The fourth-order valence-electron chi connectivity index (χ4n) is 8.92. The lowest BCUT2D eigenvalue weighted by Gasteiger charge is -2.42. The molecule has 3 unspecified atom stereocenters. The second kappa shape index (κ2) is 14.7. The van der Waals surface area contributed by atoms with E-state index in [-0.39, 0.29) is 88.6 Å². The molecule has 57 heavy (non-hydrogen) atoms. The summed E-state index contributed by atoms with van der Waals surface area (Å²) < 4.78 is 57.9. The van der Waals surface area contributed by atoms with Gasteiger partial charge in [0.15, 0.2) is 5.82 Å². The Hall–Kier alpha value is -6.15. The van der Waals surface area contributed by atoms with Crippen molar-refractivity contribution in [3.63, 3.8) is 0 Å². The first-order valence-electron chi connectivity index (χ1n) is 18.5. The Balaban J connectivity index is 1.14. The number of alkyl halides is 1. The zero-order valence-corrected chi connectivity index (χ0v) is 30.6. The molecule has 0 spiro atoms. The average Bonchev–Trinajstić information content (AvgIpc) is 3.81. The molecule has 14 nitrogen and oxygen atoms in total. The van der Waals surface area contributed by atoms with E-state index in [9.17, 15) is 28.3 Å². The van der Waals surface area contributed by atoms with Crippen LogP contribution in [0.2, 0.25) is 0 Å². The van der Waals surface area contributed by atoms with Gasteiger partial charge in [-0.3, -0.25) is 19.5 Å². The smallest absolute Gasteiger partial charge is 0.407 e. The van der Waals surface area contributed by atoms with Crippen molar-refractivity contribution < 1.29 is 47.2 Å². The number of alkyl carbamates (subject to hydrolysis) is 1. The van der Waals surface area contributed by atoms with Gasteiger partial charge in [-0.25, -0.2) is 18.0 Å². The van der Waals surface area contributed by atoms with Gasteiger partial charge in [0.2, 0.25) is 0 Å². The highest BCUT2D eigenvalue weighted by molar-refractivity contribution is 6.03. The minimum atomic E-state index is -1.25. The van der Waals surface area contributed by atoms with E-state index in [2.05, 4.69) is 32.7 Å². The van der Waals surface area contributed by atoms with Crippen LogP contribution in [0.1, 0.15) is 37.7 Å². The van der Waals surface area contributed by atoms with Gasteiger partial charge >= 0.3 is 18.1 Å². The summed E-state index contributed by atoms with van der Waals surface area (Å²) in [6.45, 7) is 4.36. The number of aromatic nitrogens is 3. The Labute approximate surface area is 324 Å². The molecule has 296 valence electrons. The Morgan fingerprint density at radius 1 is 1.12 bits per heavy atom. The van der Waals surface area contributed by atoms with Crippen molar-refractivity contribution >= 4 is 45.5 Å². The number of carbonyl (C=O) groups excluding carboxylic acids is 2. The third kappa shape index (κ3) is 6.87. The number of carbonyl (C=O) groups is 3. The molecule has 2 amide bonds. The molecule has 0 saturated carbocycles. The lowest BCUT2D eigenvalue weighted by atomic mass is 9.95. The van der Waals surface area contributed by atoms with Gasteiger partial charge in [0.05, 0.1) is 28.6 Å². The number of nitrogens with one attached hydrogen (secondary N) is 1. The highest BCUT2D eigenvalue weighted by atomic mass is 19.1. The number of amides is 2. The summed E-state index contributed by atoms with van der Waals surface area (Å²) in [7, 11) is 0. The summed E-state index contributed by atoms with van der Waals surface area (Å²) in [4.78, 5) is 55.6. The van der Waals surface area contributed by atoms with E-state index in [4.69, 9.17) is 26.0 Å². The van der Waals surface area contributed by atoms with Crippen molar-refractivity contribution in [2.75, 3.05) is 50.8 Å². The first-order valence-corrected chi connectivity index (χ1v) is 18.5. The predicted molar refractivity (Wildman–Crippen MR) is 200 cm³/mol. The van der Waals surface area contributed by atoms with Crippen molar-refractivity contribution in [2.45, 2.75) is 55.9 Å². The van der Waals surface area contributed by atoms with E-state index in [1.807, 2.05) is 4.90 Å². The van der Waals surface area contributed by atoms with Gasteiger partial charge in [0, 0.05) is 48.8 Å². The predicted octanol–water partition coefficient (Wildman–Crippen LogP) is 4.31. The number of anilines is 1. The summed E-state index contributed by atoms with van der Waals surface area (Å²) in [5.41, 5.74) is -1.03. The highest BCUT2D eigenvalue weighted by Gasteiger charge is 2.50. The summed E-state index contributed by atoms with van der Waals surface area (Å²) in [6.07, 6.45) is 8.23. The van der Waals surface area contributed by atoms with Gasteiger partial charge in [0.25, 0.3) is 5.91 Å². The number of hydrogen-bond donors (Lipinski definition) is 3. The van der Waals surface area contributed by atoms with Crippen molar-refractivity contribution in [1.82, 2.24) is 30.1 Å². The summed E-state index contributed by atoms with van der Waals surface area (Å²) in [5, 5.41) is 22.2. The molecule has 6 heterocycles. The van der Waals surface area contributed by atoms with Crippen LogP contribution in [0.15, 0.2) is 42.6 Å². The number of aromatic hydroxyl groups is 1. The average molecular weight is 786 g/mol. The Morgan fingerprint density at radius 3 is 2.63 bits per heavy atom. The fourth-order valence-corrected chi connectivity index (χ4v) is 8.92. The van der Waals surface area contributed by atoms with E-state index in [0.29, 0.717) is 30.6 Å². The molecule has 0 radical (unpaired) electrons. The van der Waals surface area contributed by atoms with E-state index >= 15 is 4.39 Å². The van der Waals surface area contributed by atoms with E-state index in [0.717, 1.165) is 19.4 Å². The summed E-state index contributed by atoms with van der Waals surface area (Å²) >= 11 is 0. The lowest BCUT2D eigenvalue weighted by molar-refractivity contribution is -0.136. The molecule has 2 aromatic carbocycles. The van der Waals surface area contributed by atoms with Crippen molar-refractivity contribution in [1.29, 1.82) is 0 Å². The number of carboxylic acid groups (broad SMARTS) is 1. The van der Waals surface area contributed by atoms with Crippen LogP contribution in [-0.4, -0.2) is 123 Å². The molecule has 17 heteroatoms. The second-order valence-electron chi connectivity index (χ2n) is 15.0. The van der Waals surface area contributed by atoms with E-state index in [1.54, 1.807) is 4.90 Å². The van der Waals surface area contributed by atoms with Crippen LogP contribution >= 0.6 is 0 Å². The molecule has 3 N–H and O–H groups in total. The third-order valence-corrected chi connectivity index (χ3v) is 11.4. The van der Waals surface area contributed by atoms with E-state index < -0.39 is 54.5 Å². The number of nitrogens with zero attached hydrogens (tertiary/aromatic N) is 6. The molecular weight excluding hydrogens is 747 g/mol. The molecular formula is C40H38F3N7O7. The first-order chi connectivity index (χ1) is 27.4. The molecule has 2 aromatic heterocycles. The van der Waals surface area contributed by atoms with Gasteiger partial charge in [0.1, 0.15) is 54.5 Å². The van der Waals surface area contributed by atoms with Crippen LogP contribution < -0.4 is 15.0 Å². The maximum absolute atomic E-state index is 17.1. The number of pyridine rings is 1. The lowest BCUT2D eigenvalue weighted by Crippen LogP contribution is -2.56. The number of carboxylic acids is 1. The third-order valence-electron chi connectivity index (χ3n) is 11.4. The maximum Gasteiger partial charge on any atom is 0.407 e. The second-order valence-corrected chi connectivity index (χ2v) is 15.0. The van der Waals surface area contributed by atoms with Crippen molar-refractivity contribution in [2.24, 2.45) is 0 Å². The number of piperazine rings is 1. The van der Waals surface area contributed by atoms with Crippen LogP contribution in [0.4, 0.5) is 23.8 Å². The van der Waals surface area contributed by atoms with Gasteiger partial charge in [-0.1, -0.05) is 18.6 Å².